The van der Waals surface area contributed by atoms with Crippen LogP contribution in [0.15, 0.2) is 42.1 Å². The van der Waals surface area contributed by atoms with Crippen LogP contribution in [0.1, 0.15) is 23.6 Å². The number of hydrogen-bond donors (Lipinski definition) is 1. The Bertz CT molecular complexity index is 648. The molecule has 0 saturated carbocycles. The van der Waals surface area contributed by atoms with E-state index in [1.54, 1.807) is 0 Å². The van der Waals surface area contributed by atoms with Crippen LogP contribution in [0.4, 0.5) is 0 Å². The molecule has 4 heteroatoms. The molecule has 1 unspecified atom stereocenters. The quantitative estimate of drug-likeness (QED) is 0.940. The van der Waals surface area contributed by atoms with Gasteiger partial charge in [0.2, 0.25) is 0 Å². The standard InChI is InChI=1S/C17H19N3O/c1-2-4-17-14(3-1)9-13(12-21-17)10-20-8-6-15(11-20)16-5-7-18-19-16/h1-5,7,9,15H,6,8,10-12H2,(H,18,19). The van der Waals surface area contributed by atoms with Crippen molar-refractivity contribution in [3.8, 4) is 5.75 Å². The fraction of sp³-hybridized carbons (Fsp3) is 0.353. The number of likely N-dealkylation sites (tertiary alicyclic amines) is 1. The third kappa shape index (κ3) is 2.59. The van der Waals surface area contributed by atoms with Gasteiger partial charge in [0.25, 0.3) is 0 Å². The zero-order valence-electron chi connectivity index (χ0n) is 12.0. The molecule has 108 valence electrons. The smallest absolute Gasteiger partial charge is 0.127 e. The van der Waals surface area contributed by atoms with Crippen molar-refractivity contribution in [2.75, 3.05) is 26.2 Å². The average molecular weight is 281 g/mol. The number of hydrogen-bond acceptors (Lipinski definition) is 3. The SMILES string of the molecule is C1=C(CN2CCC(c3ccn[nH]3)C2)COc2ccccc21. The van der Waals surface area contributed by atoms with E-state index in [0.717, 1.165) is 25.4 Å². The largest absolute Gasteiger partial charge is 0.489 e. The summed E-state index contributed by atoms with van der Waals surface area (Å²) in [6.45, 7) is 3.95. The predicted molar refractivity (Wildman–Crippen MR) is 82.3 cm³/mol. The lowest BCUT2D eigenvalue weighted by Crippen LogP contribution is -2.26. The second-order valence-corrected chi connectivity index (χ2v) is 5.86. The van der Waals surface area contributed by atoms with E-state index >= 15 is 0 Å². The number of nitrogens with zero attached hydrogens (tertiary/aromatic N) is 2. The van der Waals surface area contributed by atoms with Gasteiger partial charge in [0.1, 0.15) is 12.4 Å². The summed E-state index contributed by atoms with van der Waals surface area (Å²) in [6, 6.07) is 10.3. The van der Waals surface area contributed by atoms with Crippen molar-refractivity contribution in [1.29, 1.82) is 0 Å². The van der Waals surface area contributed by atoms with Crippen LogP contribution in [-0.2, 0) is 0 Å². The molecule has 1 fully saturated rings. The molecule has 0 amide bonds. The fourth-order valence-corrected chi connectivity index (χ4v) is 3.27. The number of nitrogens with one attached hydrogen (secondary N) is 1. The summed E-state index contributed by atoms with van der Waals surface area (Å²) < 4.78 is 5.83. The minimum absolute atomic E-state index is 0.588. The molecule has 1 atom stereocenters. The molecule has 2 aliphatic rings. The molecule has 0 aliphatic carbocycles. The highest BCUT2D eigenvalue weighted by molar-refractivity contribution is 5.62. The fourth-order valence-electron chi connectivity index (χ4n) is 3.27. The Morgan fingerprint density at radius 3 is 3.14 bits per heavy atom. The summed E-state index contributed by atoms with van der Waals surface area (Å²) in [5, 5.41) is 7.16. The normalized spacial score (nSPS) is 21.7. The van der Waals surface area contributed by atoms with Crippen LogP contribution in [-0.4, -0.2) is 41.3 Å². The van der Waals surface area contributed by atoms with Crippen molar-refractivity contribution < 1.29 is 4.74 Å². The van der Waals surface area contributed by atoms with E-state index in [4.69, 9.17) is 4.74 Å². The van der Waals surface area contributed by atoms with Gasteiger partial charge in [0, 0.05) is 36.5 Å². The first-order valence-electron chi connectivity index (χ1n) is 7.51. The van der Waals surface area contributed by atoms with E-state index in [9.17, 15) is 0 Å². The van der Waals surface area contributed by atoms with Crippen molar-refractivity contribution in [2.45, 2.75) is 12.3 Å². The van der Waals surface area contributed by atoms with Gasteiger partial charge in [-0.15, -0.1) is 0 Å². The number of aromatic amines is 1. The van der Waals surface area contributed by atoms with Crippen molar-refractivity contribution in [3.05, 3.63) is 53.4 Å². The summed E-state index contributed by atoms with van der Waals surface area (Å²) in [5.74, 6) is 1.59. The Hall–Kier alpha value is -2.07. The minimum Gasteiger partial charge on any atom is -0.489 e. The average Bonchev–Trinajstić information content (AvgIpc) is 3.18. The van der Waals surface area contributed by atoms with Crippen LogP contribution in [0.2, 0.25) is 0 Å². The van der Waals surface area contributed by atoms with E-state index in [-0.39, 0.29) is 0 Å². The van der Waals surface area contributed by atoms with Crippen molar-refractivity contribution in [2.24, 2.45) is 0 Å². The van der Waals surface area contributed by atoms with Crippen molar-refractivity contribution >= 4 is 6.08 Å². The van der Waals surface area contributed by atoms with Gasteiger partial charge in [0.05, 0.1) is 0 Å². The van der Waals surface area contributed by atoms with Crippen LogP contribution in [0, 0.1) is 0 Å². The number of aromatic nitrogens is 2. The lowest BCUT2D eigenvalue weighted by molar-refractivity contribution is 0.308. The van der Waals surface area contributed by atoms with Gasteiger partial charge in [-0.3, -0.25) is 10.00 Å². The highest BCUT2D eigenvalue weighted by atomic mass is 16.5. The first-order chi connectivity index (χ1) is 10.4. The van der Waals surface area contributed by atoms with E-state index in [0.29, 0.717) is 12.5 Å². The minimum atomic E-state index is 0.588. The summed E-state index contributed by atoms with van der Waals surface area (Å²) >= 11 is 0. The van der Waals surface area contributed by atoms with Crippen LogP contribution in [0.5, 0.6) is 5.75 Å². The molecular weight excluding hydrogens is 262 g/mol. The molecule has 4 rings (SSSR count). The topological polar surface area (TPSA) is 41.2 Å². The monoisotopic (exact) mass is 281 g/mol. The number of fused-ring (bicyclic) bond motifs is 1. The molecular formula is C17H19N3O. The molecule has 1 saturated heterocycles. The van der Waals surface area contributed by atoms with Crippen molar-refractivity contribution in [1.82, 2.24) is 15.1 Å². The van der Waals surface area contributed by atoms with Crippen LogP contribution < -0.4 is 4.74 Å². The summed E-state index contributed by atoms with van der Waals surface area (Å²) in [4.78, 5) is 2.51. The molecule has 0 radical (unpaired) electrons. The third-order valence-electron chi connectivity index (χ3n) is 4.35. The van der Waals surface area contributed by atoms with Gasteiger partial charge in [-0.05, 0) is 36.7 Å². The first-order valence-corrected chi connectivity index (χ1v) is 7.51. The molecule has 0 spiro atoms. The predicted octanol–water partition coefficient (Wildman–Crippen LogP) is 2.68. The molecule has 1 aromatic heterocycles. The number of H-pyrrole nitrogens is 1. The second-order valence-electron chi connectivity index (χ2n) is 5.86. The number of rotatable bonds is 3. The molecule has 0 bridgehead atoms. The van der Waals surface area contributed by atoms with Gasteiger partial charge < -0.3 is 4.74 Å². The Kier molecular flexibility index (Phi) is 3.24. The van der Waals surface area contributed by atoms with Crippen molar-refractivity contribution in [3.63, 3.8) is 0 Å². The maximum absolute atomic E-state index is 5.83. The Morgan fingerprint density at radius 2 is 2.24 bits per heavy atom. The molecule has 2 aliphatic heterocycles. The molecule has 2 aromatic rings. The van der Waals surface area contributed by atoms with Gasteiger partial charge >= 0.3 is 0 Å². The molecule has 3 heterocycles. The maximum atomic E-state index is 5.83. The first kappa shape index (κ1) is 12.7. The molecule has 4 nitrogen and oxygen atoms in total. The molecule has 1 N–H and O–H groups in total. The Morgan fingerprint density at radius 1 is 1.29 bits per heavy atom. The third-order valence-corrected chi connectivity index (χ3v) is 4.35. The summed E-state index contributed by atoms with van der Waals surface area (Å²) in [7, 11) is 0. The maximum Gasteiger partial charge on any atom is 0.127 e. The van der Waals surface area contributed by atoms with Gasteiger partial charge in [-0.2, -0.15) is 5.10 Å². The van der Waals surface area contributed by atoms with Crippen LogP contribution in [0.3, 0.4) is 0 Å². The van der Waals surface area contributed by atoms with E-state index < -0.39 is 0 Å². The number of para-hydroxylation sites is 1. The highest BCUT2D eigenvalue weighted by Crippen LogP contribution is 2.29. The highest BCUT2D eigenvalue weighted by Gasteiger charge is 2.25. The van der Waals surface area contributed by atoms with Gasteiger partial charge in [-0.1, -0.05) is 18.2 Å². The van der Waals surface area contributed by atoms with E-state index in [2.05, 4.69) is 39.4 Å². The molecule has 1 aromatic carbocycles. The van der Waals surface area contributed by atoms with Crippen LogP contribution in [0.25, 0.3) is 6.08 Å². The lowest BCUT2D eigenvalue weighted by Gasteiger charge is -2.22. The Labute approximate surface area is 124 Å². The van der Waals surface area contributed by atoms with Gasteiger partial charge in [0.15, 0.2) is 0 Å². The van der Waals surface area contributed by atoms with E-state index in [1.807, 2.05) is 18.3 Å². The van der Waals surface area contributed by atoms with Gasteiger partial charge in [-0.25, -0.2) is 0 Å². The van der Waals surface area contributed by atoms with E-state index in [1.165, 1.54) is 23.3 Å². The molecule has 21 heavy (non-hydrogen) atoms. The Balaban J connectivity index is 1.43. The second kappa shape index (κ2) is 5.37. The number of ether oxygens (including phenoxy) is 1. The summed E-state index contributed by atoms with van der Waals surface area (Å²) in [5.41, 5.74) is 3.82. The van der Waals surface area contributed by atoms with Crippen LogP contribution >= 0.6 is 0 Å². The lowest BCUT2D eigenvalue weighted by atomic mass is 10.1. The summed E-state index contributed by atoms with van der Waals surface area (Å²) in [6.07, 6.45) is 5.32. The zero-order chi connectivity index (χ0) is 14.1. The number of benzene rings is 1. The zero-order valence-corrected chi connectivity index (χ0v) is 12.0.